The van der Waals surface area contributed by atoms with Gasteiger partial charge in [0.25, 0.3) is 0 Å². The van der Waals surface area contributed by atoms with Crippen LogP contribution in [0.2, 0.25) is 0 Å². The topological polar surface area (TPSA) is 37.8 Å². The molecule has 2 heterocycles. The zero-order valence-corrected chi connectivity index (χ0v) is 7.55. The normalized spacial score (nSPS) is 21.8. The van der Waals surface area contributed by atoms with Crippen molar-refractivity contribution in [3.63, 3.8) is 0 Å². The predicted molar refractivity (Wildman–Crippen MR) is 49.5 cm³/mol. The number of aromatic nitrogens is 2. The summed E-state index contributed by atoms with van der Waals surface area (Å²) in [5, 5.41) is 3.30. The Balaban J connectivity index is 0.000000720. The van der Waals surface area contributed by atoms with E-state index in [2.05, 4.69) is 15.3 Å². The molecule has 1 N–H and O–H groups in total. The Hall–Kier alpha value is -0.670. The monoisotopic (exact) mass is 185 g/mol. The highest BCUT2D eigenvalue weighted by Gasteiger charge is 2.17. The summed E-state index contributed by atoms with van der Waals surface area (Å²) < 4.78 is 0. The molecule has 1 aromatic rings. The first-order valence-corrected chi connectivity index (χ1v) is 3.93. The molecule has 0 aromatic carbocycles. The van der Waals surface area contributed by atoms with Crippen LogP contribution in [0.15, 0.2) is 18.6 Å². The number of hydrogen-bond donors (Lipinski definition) is 1. The third-order valence-electron chi connectivity index (χ3n) is 2.06. The fraction of sp³-hybridized carbons (Fsp3) is 0.500. The maximum absolute atomic E-state index is 4.26. The van der Waals surface area contributed by atoms with Crippen LogP contribution in [0.25, 0.3) is 0 Å². The van der Waals surface area contributed by atoms with Crippen LogP contribution >= 0.6 is 12.4 Å². The van der Waals surface area contributed by atoms with Crippen molar-refractivity contribution in [1.82, 2.24) is 15.3 Å². The molecule has 0 aliphatic carbocycles. The first-order chi connectivity index (χ1) is 5.47. The molecule has 3 nitrogen and oxygen atoms in total. The summed E-state index contributed by atoms with van der Waals surface area (Å²) in [7, 11) is 0. The molecule has 4 heteroatoms. The summed E-state index contributed by atoms with van der Waals surface area (Å²) in [4.78, 5) is 8.30. The van der Waals surface area contributed by atoms with Crippen LogP contribution in [0.5, 0.6) is 0 Å². The fourth-order valence-electron chi connectivity index (χ4n) is 1.43. The molecule has 1 saturated heterocycles. The smallest absolute Gasteiger partial charge is 0.0630 e. The van der Waals surface area contributed by atoms with Crippen molar-refractivity contribution in [1.29, 1.82) is 0 Å². The highest BCUT2D eigenvalue weighted by molar-refractivity contribution is 5.85. The van der Waals surface area contributed by atoms with Crippen molar-refractivity contribution in [3.05, 3.63) is 24.3 Å². The van der Waals surface area contributed by atoms with Crippen LogP contribution in [0.3, 0.4) is 0 Å². The molecule has 0 unspecified atom stereocenters. The molecule has 1 atom stereocenters. The summed E-state index contributed by atoms with van der Waals surface area (Å²) in [6, 6.07) is 0. The molecule has 1 fully saturated rings. The minimum atomic E-state index is 0. The minimum absolute atomic E-state index is 0. The van der Waals surface area contributed by atoms with Gasteiger partial charge in [-0.3, -0.25) is 9.97 Å². The van der Waals surface area contributed by atoms with Crippen molar-refractivity contribution < 1.29 is 0 Å². The molecule has 12 heavy (non-hydrogen) atoms. The summed E-state index contributed by atoms with van der Waals surface area (Å²) in [6.07, 6.45) is 6.52. The van der Waals surface area contributed by atoms with E-state index in [1.165, 1.54) is 6.42 Å². The van der Waals surface area contributed by atoms with E-state index in [4.69, 9.17) is 0 Å². The average molecular weight is 186 g/mol. The largest absolute Gasteiger partial charge is 0.316 e. The highest BCUT2D eigenvalue weighted by atomic mass is 35.5. The van der Waals surface area contributed by atoms with Crippen LogP contribution < -0.4 is 5.32 Å². The molecular formula is C8H12ClN3. The third kappa shape index (κ3) is 1.93. The Labute approximate surface area is 78.0 Å². The zero-order valence-electron chi connectivity index (χ0n) is 6.73. The standard InChI is InChI=1S/C8H11N3.ClH/c1-2-9-5-7(1)8-6-10-3-4-11-8;/h3-4,6-7,9H,1-2,5H2;1H/t7-;/m0./s1. The van der Waals surface area contributed by atoms with E-state index in [-0.39, 0.29) is 12.4 Å². The molecule has 1 aliphatic heterocycles. The Bertz CT molecular complexity index is 221. The van der Waals surface area contributed by atoms with Gasteiger partial charge < -0.3 is 5.32 Å². The molecule has 0 amide bonds. The Kier molecular flexibility index (Phi) is 3.44. The van der Waals surface area contributed by atoms with E-state index >= 15 is 0 Å². The van der Waals surface area contributed by atoms with Crippen molar-refractivity contribution in [2.24, 2.45) is 0 Å². The summed E-state index contributed by atoms with van der Waals surface area (Å²) in [5.74, 6) is 0.587. The van der Waals surface area contributed by atoms with Gasteiger partial charge in [0.15, 0.2) is 0 Å². The Morgan fingerprint density at radius 1 is 1.42 bits per heavy atom. The maximum Gasteiger partial charge on any atom is 0.0630 e. The van der Waals surface area contributed by atoms with E-state index in [1.807, 2.05) is 6.20 Å². The molecule has 1 aromatic heterocycles. The van der Waals surface area contributed by atoms with Crippen molar-refractivity contribution in [3.8, 4) is 0 Å². The molecule has 66 valence electrons. The fourth-order valence-corrected chi connectivity index (χ4v) is 1.43. The molecule has 0 spiro atoms. The molecule has 0 saturated carbocycles. The molecule has 2 rings (SSSR count). The summed E-state index contributed by atoms with van der Waals surface area (Å²) >= 11 is 0. The van der Waals surface area contributed by atoms with Crippen molar-refractivity contribution in [2.45, 2.75) is 12.3 Å². The lowest BCUT2D eigenvalue weighted by Crippen LogP contribution is -2.08. The summed E-state index contributed by atoms with van der Waals surface area (Å²) in [5.41, 5.74) is 1.12. The predicted octanol–water partition coefficient (Wildman–Crippen LogP) is 0.975. The van der Waals surface area contributed by atoms with Crippen molar-refractivity contribution in [2.75, 3.05) is 13.1 Å². The van der Waals surface area contributed by atoms with Crippen LogP contribution in [-0.2, 0) is 0 Å². The van der Waals surface area contributed by atoms with Gasteiger partial charge in [-0.25, -0.2) is 0 Å². The van der Waals surface area contributed by atoms with E-state index in [0.717, 1.165) is 18.8 Å². The lowest BCUT2D eigenvalue weighted by atomic mass is 10.1. The average Bonchev–Trinajstić information content (AvgIpc) is 2.58. The second kappa shape index (κ2) is 4.38. The minimum Gasteiger partial charge on any atom is -0.316 e. The second-order valence-electron chi connectivity index (χ2n) is 2.82. The van der Waals surface area contributed by atoms with Gasteiger partial charge in [-0.05, 0) is 13.0 Å². The lowest BCUT2D eigenvalue weighted by Gasteiger charge is -2.04. The van der Waals surface area contributed by atoms with E-state index < -0.39 is 0 Å². The van der Waals surface area contributed by atoms with Gasteiger partial charge in [0.2, 0.25) is 0 Å². The molecule has 0 bridgehead atoms. The van der Waals surface area contributed by atoms with Gasteiger partial charge in [-0.15, -0.1) is 12.4 Å². The SMILES string of the molecule is Cl.c1cnc([C@H]2CCNC2)cn1. The molecular weight excluding hydrogens is 174 g/mol. The number of halogens is 1. The quantitative estimate of drug-likeness (QED) is 0.709. The number of rotatable bonds is 1. The second-order valence-corrected chi connectivity index (χ2v) is 2.82. The number of nitrogens with one attached hydrogen (secondary N) is 1. The van der Waals surface area contributed by atoms with E-state index in [0.29, 0.717) is 5.92 Å². The van der Waals surface area contributed by atoms with Crippen LogP contribution in [0.1, 0.15) is 18.0 Å². The van der Waals surface area contributed by atoms with Crippen LogP contribution in [0.4, 0.5) is 0 Å². The highest BCUT2D eigenvalue weighted by Crippen LogP contribution is 2.18. The summed E-state index contributed by atoms with van der Waals surface area (Å²) in [6.45, 7) is 2.17. The van der Waals surface area contributed by atoms with E-state index in [9.17, 15) is 0 Å². The maximum atomic E-state index is 4.26. The first-order valence-electron chi connectivity index (χ1n) is 3.93. The molecule has 0 radical (unpaired) electrons. The molecule has 1 aliphatic rings. The lowest BCUT2D eigenvalue weighted by molar-refractivity contribution is 0.728. The van der Waals surface area contributed by atoms with Crippen LogP contribution in [-0.4, -0.2) is 23.1 Å². The van der Waals surface area contributed by atoms with Gasteiger partial charge in [0.1, 0.15) is 0 Å². The van der Waals surface area contributed by atoms with Gasteiger partial charge in [0.05, 0.1) is 5.69 Å². The Morgan fingerprint density at radius 2 is 2.33 bits per heavy atom. The van der Waals surface area contributed by atoms with Crippen molar-refractivity contribution >= 4 is 12.4 Å². The van der Waals surface area contributed by atoms with Crippen LogP contribution in [0, 0.1) is 0 Å². The zero-order chi connectivity index (χ0) is 7.52. The van der Waals surface area contributed by atoms with Gasteiger partial charge in [0, 0.05) is 31.1 Å². The van der Waals surface area contributed by atoms with Gasteiger partial charge >= 0.3 is 0 Å². The van der Waals surface area contributed by atoms with E-state index in [1.54, 1.807) is 12.4 Å². The van der Waals surface area contributed by atoms with Gasteiger partial charge in [-0.2, -0.15) is 0 Å². The Morgan fingerprint density at radius 3 is 2.92 bits per heavy atom. The number of hydrogen-bond acceptors (Lipinski definition) is 3. The first kappa shape index (κ1) is 9.42. The third-order valence-corrected chi connectivity index (χ3v) is 2.06. The van der Waals surface area contributed by atoms with Gasteiger partial charge in [-0.1, -0.05) is 0 Å². The number of nitrogens with zero attached hydrogens (tertiary/aromatic N) is 2.